The third-order valence-corrected chi connectivity index (χ3v) is 7.99. The van der Waals surface area contributed by atoms with Gasteiger partial charge in [-0.05, 0) is 75.2 Å². The topological polar surface area (TPSA) is 72.2 Å². The summed E-state index contributed by atoms with van der Waals surface area (Å²) in [7, 11) is 0. The third kappa shape index (κ3) is 2.32. The quantitative estimate of drug-likeness (QED) is 0.880. The molecule has 1 aromatic rings. The number of carbonyl (C=O) groups excluding carboxylic acids is 2. The Hall–Kier alpha value is -1.36. The Bertz CT molecular complexity index is 651. The van der Waals surface area contributed by atoms with Crippen LogP contribution in [0.2, 0.25) is 0 Å². The maximum atomic E-state index is 13.0. The second kappa shape index (κ2) is 5.32. The van der Waals surface area contributed by atoms with Crippen LogP contribution in [0.1, 0.15) is 50.8 Å². The van der Waals surface area contributed by atoms with Gasteiger partial charge in [0.2, 0.25) is 11.8 Å². The van der Waals surface area contributed by atoms with Gasteiger partial charge < -0.3 is 11.1 Å². The lowest BCUT2D eigenvalue weighted by Crippen LogP contribution is -2.63. The second-order valence-corrected chi connectivity index (χ2v) is 9.66. The van der Waals surface area contributed by atoms with Crippen LogP contribution in [0.3, 0.4) is 0 Å². The van der Waals surface area contributed by atoms with E-state index in [1.807, 2.05) is 31.4 Å². The molecule has 0 aliphatic heterocycles. The molecule has 2 amide bonds. The minimum absolute atomic E-state index is 0.107. The highest BCUT2D eigenvalue weighted by molar-refractivity contribution is 7.10. The smallest absolute Gasteiger partial charge is 0.231 e. The highest BCUT2D eigenvalue weighted by Gasteiger charge is 2.58. The molecule has 0 radical (unpaired) electrons. The van der Waals surface area contributed by atoms with Crippen LogP contribution in [0.4, 0.5) is 0 Å². The normalized spacial score (nSPS) is 37.4. The van der Waals surface area contributed by atoms with Crippen molar-refractivity contribution in [1.82, 2.24) is 5.32 Å². The molecule has 24 heavy (non-hydrogen) atoms. The van der Waals surface area contributed by atoms with Crippen molar-refractivity contribution in [1.29, 1.82) is 0 Å². The Balaban J connectivity index is 1.53. The van der Waals surface area contributed by atoms with Crippen molar-refractivity contribution in [3.8, 4) is 0 Å². The van der Waals surface area contributed by atoms with E-state index in [-0.39, 0.29) is 23.3 Å². The van der Waals surface area contributed by atoms with Gasteiger partial charge in [-0.15, -0.1) is 11.3 Å². The van der Waals surface area contributed by atoms with Crippen LogP contribution < -0.4 is 11.1 Å². The number of nitrogens with one attached hydrogen (secondary N) is 1. The highest BCUT2D eigenvalue weighted by atomic mass is 32.1. The lowest BCUT2D eigenvalue weighted by Gasteiger charge is -2.59. The standard InChI is InChI=1S/C19H26N2O2S/c1-18(2,14-4-3-5-24-14)17(23)21-15-12-6-11-7-13(15)10-19(8-11,9-12)16(20)22/h3-5,11-13,15H,6-10H2,1-2H3,(H2,20,22)(H,21,23)/t11?,12-,13+,15?,19?. The summed E-state index contributed by atoms with van der Waals surface area (Å²) in [5.41, 5.74) is 4.95. The number of thiophene rings is 1. The molecule has 4 bridgehead atoms. The average Bonchev–Trinajstić information content (AvgIpc) is 3.05. The number of primary amides is 1. The zero-order chi connectivity index (χ0) is 17.1. The molecule has 0 saturated heterocycles. The van der Waals surface area contributed by atoms with Crippen molar-refractivity contribution in [3.63, 3.8) is 0 Å². The molecule has 4 saturated carbocycles. The van der Waals surface area contributed by atoms with Crippen LogP contribution >= 0.6 is 11.3 Å². The molecule has 3 unspecified atom stereocenters. The van der Waals surface area contributed by atoms with Gasteiger partial charge in [0.05, 0.1) is 5.41 Å². The number of amides is 2. The van der Waals surface area contributed by atoms with Crippen molar-refractivity contribution in [2.24, 2.45) is 28.9 Å². The van der Waals surface area contributed by atoms with Gasteiger partial charge in [0, 0.05) is 16.3 Å². The summed E-state index contributed by atoms with van der Waals surface area (Å²) in [6.07, 6.45) is 4.96. The zero-order valence-corrected chi connectivity index (χ0v) is 15.2. The predicted molar refractivity (Wildman–Crippen MR) is 94.5 cm³/mol. The molecular weight excluding hydrogens is 320 g/mol. The molecule has 5 atom stereocenters. The molecule has 0 spiro atoms. The van der Waals surface area contributed by atoms with Crippen molar-refractivity contribution < 1.29 is 9.59 Å². The number of hydrogen-bond acceptors (Lipinski definition) is 3. The molecule has 4 nitrogen and oxygen atoms in total. The molecule has 5 rings (SSSR count). The van der Waals surface area contributed by atoms with Crippen LogP contribution in [0.25, 0.3) is 0 Å². The van der Waals surface area contributed by atoms with Gasteiger partial charge >= 0.3 is 0 Å². The van der Waals surface area contributed by atoms with E-state index in [9.17, 15) is 9.59 Å². The summed E-state index contributed by atoms with van der Waals surface area (Å²) in [5.74, 6) is 1.42. The molecule has 4 aliphatic carbocycles. The first-order valence-electron chi connectivity index (χ1n) is 8.97. The van der Waals surface area contributed by atoms with Crippen LogP contribution in [-0.2, 0) is 15.0 Å². The maximum Gasteiger partial charge on any atom is 0.231 e. The first-order valence-corrected chi connectivity index (χ1v) is 9.85. The monoisotopic (exact) mass is 346 g/mol. The molecule has 4 fully saturated rings. The van der Waals surface area contributed by atoms with Gasteiger partial charge in [0.15, 0.2) is 0 Å². The predicted octanol–water partition coefficient (Wildman–Crippen LogP) is 2.82. The first-order chi connectivity index (χ1) is 11.3. The van der Waals surface area contributed by atoms with E-state index in [0.29, 0.717) is 17.8 Å². The number of rotatable bonds is 4. The highest BCUT2D eigenvalue weighted by Crippen LogP contribution is 2.60. The molecule has 1 aromatic heterocycles. The fraction of sp³-hybridized carbons (Fsp3) is 0.684. The van der Waals surface area contributed by atoms with Gasteiger partial charge in [0.1, 0.15) is 0 Å². The van der Waals surface area contributed by atoms with Gasteiger partial charge in [-0.1, -0.05) is 6.07 Å². The first kappa shape index (κ1) is 16.1. The molecule has 1 heterocycles. The SMILES string of the molecule is CC(C)(C(=O)NC1[C@@H]2CC3C[C@H]1CC(C(N)=O)(C3)C2)c1cccs1. The summed E-state index contributed by atoms with van der Waals surface area (Å²) in [6, 6.07) is 4.23. The van der Waals surface area contributed by atoms with E-state index in [2.05, 4.69) is 5.32 Å². The zero-order valence-electron chi connectivity index (χ0n) is 14.4. The maximum absolute atomic E-state index is 13.0. The lowest BCUT2D eigenvalue weighted by atomic mass is 9.47. The number of carbonyl (C=O) groups is 2. The van der Waals surface area contributed by atoms with Crippen LogP contribution in [0, 0.1) is 23.2 Å². The van der Waals surface area contributed by atoms with E-state index in [4.69, 9.17) is 5.73 Å². The second-order valence-electron chi connectivity index (χ2n) is 8.72. The Labute approximate surface area is 147 Å². The number of nitrogens with two attached hydrogens (primary N) is 1. The van der Waals surface area contributed by atoms with E-state index < -0.39 is 5.41 Å². The van der Waals surface area contributed by atoms with Crippen LogP contribution in [-0.4, -0.2) is 17.9 Å². The molecule has 4 aliphatic rings. The minimum atomic E-state index is -0.510. The summed E-state index contributed by atoms with van der Waals surface area (Å²) in [6.45, 7) is 3.99. The fourth-order valence-corrected chi connectivity index (χ4v) is 6.49. The van der Waals surface area contributed by atoms with Gasteiger partial charge in [0.25, 0.3) is 0 Å². The Morgan fingerprint density at radius 3 is 2.46 bits per heavy atom. The lowest BCUT2D eigenvalue weighted by molar-refractivity contribution is -0.148. The average molecular weight is 346 g/mol. The van der Waals surface area contributed by atoms with Crippen LogP contribution in [0.15, 0.2) is 17.5 Å². The summed E-state index contributed by atoms with van der Waals surface area (Å²) < 4.78 is 0. The molecular formula is C19H26N2O2S. The summed E-state index contributed by atoms with van der Waals surface area (Å²) in [5, 5.41) is 5.38. The van der Waals surface area contributed by atoms with E-state index in [1.54, 1.807) is 11.3 Å². The third-order valence-electron chi connectivity index (χ3n) is 6.80. The van der Waals surface area contributed by atoms with Crippen LogP contribution in [0.5, 0.6) is 0 Å². The van der Waals surface area contributed by atoms with E-state index in [1.165, 1.54) is 0 Å². The molecule has 5 heteroatoms. The molecule has 0 aromatic carbocycles. The molecule has 130 valence electrons. The Morgan fingerprint density at radius 1 is 1.25 bits per heavy atom. The minimum Gasteiger partial charge on any atom is -0.369 e. The van der Waals surface area contributed by atoms with E-state index in [0.717, 1.165) is 37.0 Å². The van der Waals surface area contributed by atoms with Crippen molar-refractivity contribution >= 4 is 23.2 Å². The van der Waals surface area contributed by atoms with Crippen molar-refractivity contribution in [3.05, 3.63) is 22.4 Å². The largest absolute Gasteiger partial charge is 0.369 e. The Morgan fingerprint density at radius 2 is 1.92 bits per heavy atom. The van der Waals surface area contributed by atoms with Crippen molar-refractivity contribution in [2.45, 2.75) is 57.4 Å². The Kier molecular flexibility index (Phi) is 3.57. The van der Waals surface area contributed by atoms with Gasteiger partial charge in [-0.3, -0.25) is 9.59 Å². The van der Waals surface area contributed by atoms with E-state index >= 15 is 0 Å². The van der Waals surface area contributed by atoms with Crippen molar-refractivity contribution in [2.75, 3.05) is 0 Å². The number of hydrogen-bond donors (Lipinski definition) is 2. The fourth-order valence-electron chi connectivity index (χ4n) is 5.64. The molecule has 3 N–H and O–H groups in total. The van der Waals surface area contributed by atoms with Gasteiger partial charge in [-0.25, -0.2) is 0 Å². The summed E-state index contributed by atoms with van der Waals surface area (Å²) in [4.78, 5) is 26.1. The summed E-state index contributed by atoms with van der Waals surface area (Å²) >= 11 is 1.63. The van der Waals surface area contributed by atoms with Gasteiger partial charge in [-0.2, -0.15) is 0 Å².